The second-order valence-corrected chi connectivity index (χ2v) is 8.67. The number of nitrogens with one attached hydrogen (secondary N) is 1. The Morgan fingerprint density at radius 1 is 0.971 bits per heavy atom. The Balaban J connectivity index is 1.49. The zero-order valence-corrected chi connectivity index (χ0v) is 19.5. The van der Waals surface area contributed by atoms with Gasteiger partial charge in [-0.3, -0.25) is 4.79 Å². The summed E-state index contributed by atoms with van der Waals surface area (Å²) in [6.07, 6.45) is 0. The number of dihydropyridines is 1. The van der Waals surface area contributed by atoms with Crippen LogP contribution in [0.15, 0.2) is 89.6 Å². The number of ether oxygens (including phenoxy) is 2. The molecule has 0 amide bonds. The number of ketones is 1. The number of hydrogen-bond donors (Lipinski definition) is 1. The molecular weight excluding hydrogens is 450 g/mol. The number of allylic oxidation sites excluding steroid dienone is 2. The molecule has 0 aromatic heterocycles. The van der Waals surface area contributed by atoms with Crippen molar-refractivity contribution >= 4 is 29.1 Å². The summed E-state index contributed by atoms with van der Waals surface area (Å²) in [7, 11) is 1.35. The predicted octanol–water partition coefficient (Wildman–Crippen LogP) is 5.66. The Hall–Kier alpha value is -3.83. The summed E-state index contributed by atoms with van der Waals surface area (Å²) in [5.74, 6) is -0.412. The van der Waals surface area contributed by atoms with Crippen LogP contribution in [0.25, 0.3) is 5.70 Å². The molecule has 0 spiro atoms. The molecule has 5 nitrogen and oxygen atoms in total. The third-order valence-corrected chi connectivity index (χ3v) is 6.44. The summed E-state index contributed by atoms with van der Waals surface area (Å²) in [6.45, 7) is 2.23. The van der Waals surface area contributed by atoms with Crippen LogP contribution in [0.4, 0.5) is 0 Å². The average Bonchev–Trinajstić information content (AvgIpc) is 3.14. The van der Waals surface area contributed by atoms with Crippen molar-refractivity contribution in [1.82, 2.24) is 5.32 Å². The standard InChI is InChI=1S/C28H22ClNO4/c1-16-23(28(32)33-2)24(25-26(30-16)21-5-3-4-6-22(21)27(25)31)18-9-13-20(14-10-18)34-15-17-7-11-19(29)12-8-17/h3-14,24,30H,15H2,1-2H3. The first-order chi connectivity index (χ1) is 16.5. The lowest BCUT2D eigenvalue weighted by molar-refractivity contribution is -0.136. The van der Waals surface area contributed by atoms with Gasteiger partial charge in [0.1, 0.15) is 12.4 Å². The molecule has 0 bridgehead atoms. The van der Waals surface area contributed by atoms with Crippen molar-refractivity contribution in [2.45, 2.75) is 19.4 Å². The lowest BCUT2D eigenvalue weighted by Crippen LogP contribution is -2.29. The number of esters is 1. The van der Waals surface area contributed by atoms with Gasteiger partial charge in [0.05, 0.1) is 18.4 Å². The van der Waals surface area contributed by atoms with Crippen LogP contribution in [0.1, 0.15) is 39.9 Å². The topological polar surface area (TPSA) is 64.6 Å². The highest BCUT2D eigenvalue weighted by Gasteiger charge is 2.42. The predicted molar refractivity (Wildman–Crippen MR) is 131 cm³/mol. The fourth-order valence-corrected chi connectivity index (χ4v) is 4.67. The van der Waals surface area contributed by atoms with Gasteiger partial charge in [0, 0.05) is 33.3 Å². The van der Waals surface area contributed by atoms with Crippen LogP contribution < -0.4 is 10.1 Å². The quantitative estimate of drug-likeness (QED) is 0.486. The van der Waals surface area contributed by atoms with Gasteiger partial charge in [-0.25, -0.2) is 4.79 Å². The molecule has 1 aliphatic carbocycles. The number of methoxy groups -OCH3 is 1. The smallest absolute Gasteiger partial charge is 0.336 e. The van der Waals surface area contributed by atoms with Gasteiger partial charge in [-0.1, -0.05) is 60.1 Å². The van der Waals surface area contributed by atoms with Gasteiger partial charge >= 0.3 is 5.97 Å². The summed E-state index contributed by atoms with van der Waals surface area (Å²) in [4.78, 5) is 26.2. The van der Waals surface area contributed by atoms with Crippen LogP contribution in [0.2, 0.25) is 5.02 Å². The van der Waals surface area contributed by atoms with E-state index in [1.165, 1.54) is 7.11 Å². The molecule has 0 fully saturated rings. The van der Waals surface area contributed by atoms with Crippen LogP contribution in [-0.4, -0.2) is 18.9 Å². The molecule has 6 heteroatoms. The van der Waals surface area contributed by atoms with Crippen molar-refractivity contribution in [1.29, 1.82) is 0 Å². The normalized spacial score (nSPS) is 16.7. The molecule has 3 aromatic rings. The van der Waals surface area contributed by atoms with Gasteiger partial charge in [0.25, 0.3) is 0 Å². The summed E-state index contributed by atoms with van der Waals surface area (Å²) >= 11 is 5.94. The molecule has 1 heterocycles. The van der Waals surface area contributed by atoms with Crippen LogP contribution in [0.5, 0.6) is 5.75 Å². The average molecular weight is 472 g/mol. The van der Waals surface area contributed by atoms with E-state index in [-0.39, 0.29) is 5.78 Å². The van der Waals surface area contributed by atoms with Crippen molar-refractivity contribution in [3.8, 4) is 5.75 Å². The van der Waals surface area contributed by atoms with Crippen molar-refractivity contribution in [2.24, 2.45) is 0 Å². The van der Waals surface area contributed by atoms with Gasteiger partial charge in [0.2, 0.25) is 0 Å². The minimum atomic E-state index is -0.547. The maximum Gasteiger partial charge on any atom is 0.336 e. The summed E-state index contributed by atoms with van der Waals surface area (Å²) in [5.41, 5.74) is 5.70. The van der Waals surface area contributed by atoms with Gasteiger partial charge in [0.15, 0.2) is 5.78 Å². The van der Waals surface area contributed by atoms with Crippen molar-refractivity contribution in [3.63, 3.8) is 0 Å². The van der Waals surface area contributed by atoms with Crippen molar-refractivity contribution < 1.29 is 19.1 Å². The van der Waals surface area contributed by atoms with E-state index in [1.54, 1.807) is 0 Å². The molecule has 3 aromatic carbocycles. The number of rotatable bonds is 5. The van der Waals surface area contributed by atoms with E-state index in [0.717, 1.165) is 22.4 Å². The summed E-state index contributed by atoms with van der Waals surface area (Å²) < 4.78 is 11.0. The number of carbonyl (C=O) groups is 2. The highest BCUT2D eigenvalue weighted by molar-refractivity contribution is 6.30. The monoisotopic (exact) mass is 471 g/mol. The van der Waals surface area contributed by atoms with E-state index in [2.05, 4.69) is 5.32 Å². The van der Waals surface area contributed by atoms with Gasteiger partial charge < -0.3 is 14.8 Å². The second kappa shape index (κ2) is 8.84. The molecule has 0 saturated heterocycles. The van der Waals surface area contributed by atoms with Gasteiger partial charge in [-0.15, -0.1) is 0 Å². The number of Topliss-reactive ketones (excluding diaryl/α,β-unsaturated/α-hetero) is 1. The number of hydrogen-bond acceptors (Lipinski definition) is 5. The third kappa shape index (κ3) is 3.78. The molecule has 34 heavy (non-hydrogen) atoms. The molecule has 1 aliphatic heterocycles. The Morgan fingerprint density at radius 3 is 2.32 bits per heavy atom. The van der Waals surface area contributed by atoms with E-state index in [0.29, 0.717) is 39.8 Å². The highest BCUT2D eigenvalue weighted by atomic mass is 35.5. The lowest BCUT2D eigenvalue weighted by atomic mass is 9.80. The maximum atomic E-state index is 13.4. The largest absolute Gasteiger partial charge is 0.489 e. The van der Waals surface area contributed by atoms with E-state index in [1.807, 2.05) is 79.7 Å². The Labute approximate surface area is 202 Å². The van der Waals surface area contributed by atoms with E-state index < -0.39 is 11.9 Å². The second-order valence-electron chi connectivity index (χ2n) is 8.24. The molecule has 1 atom stereocenters. The van der Waals surface area contributed by atoms with Crippen LogP contribution in [0.3, 0.4) is 0 Å². The zero-order valence-electron chi connectivity index (χ0n) is 18.7. The highest BCUT2D eigenvalue weighted by Crippen LogP contribution is 2.46. The SMILES string of the molecule is COC(=O)C1=C(C)NC2=C(C(=O)c3ccccc32)C1c1ccc(OCc2ccc(Cl)cc2)cc1. The number of carbonyl (C=O) groups excluding carboxylic acids is 2. The van der Waals surface area contributed by atoms with Gasteiger partial charge in [-0.2, -0.15) is 0 Å². The first-order valence-corrected chi connectivity index (χ1v) is 11.3. The minimum absolute atomic E-state index is 0.0833. The van der Waals surface area contributed by atoms with Gasteiger partial charge in [-0.05, 0) is 42.3 Å². The molecule has 0 radical (unpaired) electrons. The first kappa shape index (κ1) is 22.0. The maximum absolute atomic E-state index is 13.4. The molecule has 1 unspecified atom stereocenters. The van der Waals surface area contributed by atoms with E-state index in [4.69, 9.17) is 21.1 Å². The molecule has 5 rings (SSSR count). The Morgan fingerprint density at radius 2 is 1.65 bits per heavy atom. The fourth-order valence-electron chi connectivity index (χ4n) is 4.55. The molecule has 0 saturated carbocycles. The molecule has 2 aliphatic rings. The zero-order chi connectivity index (χ0) is 23.8. The minimum Gasteiger partial charge on any atom is -0.489 e. The molecule has 170 valence electrons. The number of fused-ring (bicyclic) bond motifs is 2. The third-order valence-electron chi connectivity index (χ3n) is 6.19. The Bertz CT molecular complexity index is 1350. The van der Waals surface area contributed by atoms with E-state index >= 15 is 0 Å². The molecule has 1 N–H and O–H groups in total. The first-order valence-electron chi connectivity index (χ1n) is 10.9. The summed E-state index contributed by atoms with van der Waals surface area (Å²) in [5, 5.41) is 3.97. The number of halogens is 1. The Kier molecular flexibility index (Phi) is 5.72. The fraction of sp³-hybridized carbons (Fsp3) is 0.143. The van der Waals surface area contributed by atoms with E-state index in [9.17, 15) is 9.59 Å². The van der Waals surface area contributed by atoms with Crippen LogP contribution >= 0.6 is 11.6 Å². The van der Waals surface area contributed by atoms with Crippen molar-refractivity contribution in [2.75, 3.05) is 7.11 Å². The lowest BCUT2D eigenvalue weighted by Gasteiger charge is -2.29. The van der Waals surface area contributed by atoms with Crippen LogP contribution in [0, 0.1) is 0 Å². The number of benzene rings is 3. The summed E-state index contributed by atoms with van der Waals surface area (Å²) in [6, 6.07) is 22.5. The van der Waals surface area contributed by atoms with Crippen molar-refractivity contribution in [3.05, 3.63) is 117 Å². The van der Waals surface area contributed by atoms with Crippen LogP contribution in [-0.2, 0) is 16.1 Å². The molecular formula is C28H22ClNO4.